The molecule has 3 rings (SSSR count). The van der Waals surface area contributed by atoms with Gasteiger partial charge in [-0.2, -0.15) is 0 Å². The van der Waals surface area contributed by atoms with Crippen molar-refractivity contribution in [2.24, 2.45) is 5.16 Å². The first-order valence-corrected chi connectivity index (χ1v) is 10.4. The Labute approximate surface area is 183 Å². The van der Waals surface area contributed by atoms with Gasteiger partial charge in [0.05, 0.1) is 27.2 Å². The molecule has 2 aromatic carbocycles. The molecule has 1 heterocycles. The monoisotopic (exact) mass is 454 g/mol. The lowest BCUT2D eigenvalue weighted by molar-refractivity contribution is 0.0418. The Morgan fingerprint density at radius 2 is 2.03 bits per heavy atom. The number of fused-ring (bicyclic) bond motifs is 1. The molecule has 0 fully saturated rings. The van der Waals surface area contributed by atoms with Gasteiger partial charge in [0.2, 0.25) is 0 Å². The highest BCUT2D eigenvalue weighted by molar-refractivity contribution is 7.94. The molecule has 0 saturated heterocycles. The van der Waals surface area contributed by atoms with Crippen LogP contribution in [0.25, 0.3) is 0 Å². The third-order valence-corrected chi connectivity index (χ3v) is 5.46. The summed E-state index contributed by atoms with van der Waals surface area (Å²) in [6.45, 7) is 4.22. The standard InChI is InChI=1S/C20H20Cl2N2O4S/c1-20(2)15-11-13(5-8-18(15)24-19(25)27-20)26-10-4-3-9-23-28-29-14-6-7-16(21)17(22)12-14/h5-9,11-12H,3-4,10H2,1-2H3,(H,24,25). The Morgan fingerprint density at radius 3 is 2.83 bits per heavy atom. The van der Waals surface area contributed by atoms with E-state index in [1.165, 1.54) is 0 Å². The first-order chi connectivity index (χ1) is 13.8. The van der Waals surface area contributed by atoms with Gasteiger partial charge in [-0.05, 0) is 63.1 Å². The highest BCUT2D eigenvalue weighted by Gasteiger charge is 2.33. The average molecular weight is 455 g/mol. The van der Waals surface area contributed by atoms with Crippen molar-refractivity contribution in [1.29, 1.82) is 0 Å². The third kappa shape index (κ3) is 5.95. The Bertz CT molecular complexity index is 921. The third-order valence-electron chi connectivity index (χ3n) is 4.11. The Morgan fingerprint density at radius 1 is 1.21 bits per heavy atom. The van der Waals surface area contributed by atoms with Crippen LogP contribution in [0.2, 0.25) is 10.0 Å². The van der Waals surface area contributed by atoms with Gasteiger partial charge in [0.15, 0.2) is 0 Å². The predicted molar refractivity (Wildman–Crippen MR) is 116 cm³/mol. The number of benzene rings is 2. The van der Waals surface area contributed by atoms with Gasteiger partial charge in [-0.15, -0.1) is 0 Å². The number of hydrogen-bond donors (Lipinski definition) is 1. The highest BCUT2D eigenvalue weighted by atomic mass is 35.5. The summed E-state index contributed by atoms with van der Waals surface area (Å²) in [5, 5.41) is 7.56. The summed E-state index contributed by atoms with van der Waals surface area (Å²) >= 11 is 12.9. The molecule has 1 aliphatic heterocycles. The molecule has 0 saturated carbocycles. The van der Waals surface area contributed by atoms with E-state index in [1.54, 1.807) is 24.4 Å². The molecule has 29 heavy (non-hydrogen) atoms. The molecule has 9 heteroatoms. The van der Waals surface area contributed by atoms with E-state index in [4.69, 9.17) is 37.0 Å². The lowest BCUT2D eigenvalue weighted by Crippen LogP contribution is -2.34. The molecule has 0 atom stereocenters. The van der Waals surface area contributed by atoms with Crippen molar-refractivity contribution in [1.82, 2.24) is 0 Å². The number of nitrogens with one attached hydrogen (secondary N) is 1. The second kappa shape index (κ2) is 9.61. The number of cyclic esters (lactones) is 1. The van der Waals surface area contributed by atoms with Gasteiger partial charge < -0.3 is 13.8 Å². The van der Waals surface area contributed by atoms with Crippen LogP contribution in [0.15, 0.2) is 46.4 Å². The summed E-state index contributed by atoms with van der Waals surface area (Å²) < 4.78 is 16.3. The van der Waals surface area contributed by atoms with Gasteiger partial charge >= 0.3 is 6.09 Å². The summed E-state index contributed by atoms with van der Waals surface area (Å²) in [6.07, 6.45) is 2.72. The van der Waals surface area contributed by atoms with Crippen LogP contribution in [0.5, 0.6) is 5.75 Å². The molecular formula is C20H20Cl2N2O4S. The Hall–Kier alpha value is -2.09. The van der Waals surface area contributed by atoms with Crippen molar-refractivity contribution in [3.05, 3.63) is 52.0 Å². The van der Waals surface area contributed by atoms with Crippen molar-refractivity contribution in [3.63, 3.8) is 0 Å². The molecule has 1 aliphatic rings. The van der Waals surface area contributed by atoms with E-state index in [9.17, 15) is 4.79 Å². The molecule has 1 amide bonds. The number of unbranched alkanes of at least 4 members (excludes halogenated alkanes) is 1. The number of carbonyl (C=O) groups is 1. The van der Waals surface area contributed by atoms with Crippen molar-refractivity contribution in [2.75, 3.05) is 11.9 Å². The van der Waals surface area contributed by atoms with Crippen molar-refractivity contribution >= 4 is 53.2 Å². The minimum atomic E-state index is -0.701. The predicted octanol–water partition coefficient (Wildman–Crippen LogP) is 6.66. The lowest BCUT2D eigenvalue weighted by Gasteiger charge is -2.32. The molecule has 6 nitrogen and oxygen atoms in total. The van der Waals surface area contributed by atoms with Gasteiger partial charge in [0.25, 0.3) is 0 Å². The fraction of sp³-hybridized carbons (Fsp3) is 0.300. The zero-order valence-electron chi connectivity index (χ0n) is 15.9. The summed E-state index contributed by atoms with van der Waals surface area (Å²) in [6, 6.07) is 10.8. The number of hydrogen-bond acceptors (Lipinski definition) is 6. The van der Waals surface area contributed by atoms with Crippen LogP contribution < -0.4 is 10.1 Å². The van der Waals surface area contributed by atoms with E-state index >= 15 is 0 Å². The van der Waals surface area contributed by atoms with Crippen molar-refractivity contribution < 1.29 is 18.6 Å². The maximum absolute atomic E-state index is 11.6. The molecule has 0 unspecified atom stereocenters. The quantitative estimate of drug-likeness (QED) is 0.209. The number of oxime groups is 1. The van der Waals surface area contributed by atoms with Crippen LogP contribution in [0.4, 0.5) is 10.5 Å². The summed E-state index contributed by atoms with van der Waals surface area (Å²) in [7, 11) is 0. The van der Waals surface area contributed by atoms with Crippen LogP contribution in [0.3, 0.4) is 0 Å². The van der Waals surface area contributed by atoms with Crippen LogP contribution >= 0.6 is 35.2 Å². The fourth-order valence-electron chi connectivity index (χ4n) is 2.68. The number of amides is 1. The molecule has 0 bridgehead atoms. The molecule has 0 radical (unpaired) electrons. The largest absolute Gasteiger partial charge is 0.494 e. The number of ether oxygens (including phenoxy) is 2. The normalized spacial score (nSPS) is 14.8. The molecule has 0 spiro atoms. The molecule has 2 aromatic rings. The smallest absolute Gasteiger partial charge is 0.412 e. The number of halogens is 2. The zero-order valence-corrected chi connectivity index (χ0v) is 18.2. The number of anilines is 1. The Balaban J connectivity index is 1.39. The zero-order chi connectivity index (χ0) is 20.9. The van der Waals surface area contributed by atoms with E-state index in [1.807, 2.05) is 32.0 Å². The first-order valence-electron chi connectivity index (χ1n) is 8.93. The summed E-state index contributed by atoms with van der Waals surface area (Å²) in [5.41, 5.74) is 0.916. The highest BCUT2D eigenvalue weighted by Crippen LogP contribution is 2.37. The first kappa shape index (κ1) is 21.6. The van der Waals surface area contributed by atoms with Gasteiger partial charge in [-0.25, -0.2) is 4.79 Å². The second-order valence-electron chi connectivity index (χ2n) is 6.74. The van der Waals surface area contributed by atoms with Crippen molar-refractivity contribution in [3.8, 4) is 5.75 Å². The molecule has 0 aromatic heterocycles. The van der Waals surface area contributed by atoms with Gasteiger partial charge in [-0.1, -0.05) is 28.4 Å². The Kier molecular flexibility index (Phi) is 7.16. The summed E-state index contributed by atoms with van der Waals surface area (Å²) in [5.74, 6) is 0.722. The molecule has 1 N–H and O–H groups in total. The maximum atomic E-state index is 11.6. The lowest BCUT2D eigenvalue weighted by atomic mass is 9.94. The van der Waals surface area contributed by atoms with Gasteiger partial charge in [0.1, 0.15) is 23.4 Å². The van der Waals surface area contributed by atoms with Crippen LogP contribution in [0, 0.1) is 0 Å². The van der Waals surface area contributed by atoms with Gasteiger partial charge in [-0.3, -0.25) is 5.32 Å². The summed E-state index contributed by atoms with van der Waals surface area (Å²) in [4.78, 5) is 12.4. The minimum Gasteiger partial charge on any atom is -0.494 e. The van der Waals surface area contributed by atoms with E-state index in [0.717, 1.165) is 40.4 Å². The van der Waals surface area contributed by atoms with E-state index in [-0.39, 0.29) is 0 Å². The maximum Gasteiger partial charge on any atom is 0.412 e. The van der Waals surface area contributed by atoms with Crippen LogP contribution in [-0.2, 0) is 14.6 Å². The number of carbonyl (C=O) groups excluding carboxylic acids is 1. The van der Waals surface area contributed by atoms with Crippen molar-refractivity contribution in [2.45, 2.75) is 37.2 Å². The van der Waals surface area contributed by atoms with E-state index in [2.05, 4.69) is 10.5 Å². The van der Waals surface area contributed by atoms with Crippen LogP contribution in [0.1, 0.15) is 32.3 Å². The fourth-order valence-corrected chi connectivity index (χ4v) is 3.53. The van der Waals surface area contributed by atoms with E-state index < -0.39 is 11.7 Å². The minimum absolute atomic E-state index is 0.449. The van der Waals surface area contributed by atoms with Gasteiger partial charge in [0, 0.05) is 11.8 Å². The molecule has 0 aliphatic carbocycles. The number of rotatable bonds is 8. The average Bonchev–Trinajstić information content (AvgIpc) is 2.66. The SMILES string of the molecule is CC1(C)OC(=O)Nc2ccc(OCCCC=NOSc3ccc(Cl)c(Cl)c3)cc21. The van der Waals surface area contributed by atoms with Crippen LogP contribution in [-0.4, -0.2) is 18.9 Å². The van der Waals surface area contributed by atoms with E-state index in [0.29, 0.717) is 23.1 Å². The topological polar surface area (TPSA) is 69.2 Å². The molecular weight excluding hydrogens is 435 g/mol. The second-order valence-corrected chi connectivity index (χ2v) is 8.35. The molecule has 154 valence electrons. The number of nitrogens with zero attached hydrogens (tertiary/aromatic N) is 1.